The van der Waals surface area contributed by atoms with Gasteiger partial charge in [0.25, 0.3) is 0 Å². The summed E-state index contributed by atoms with van der Waals surface area (Å²) in [7, 11) is -6.82. The van der Waals surface area contributed by atoms with Crippen LogP contribution in [0.5, 0.6) is 0 Å². The average Bonchev–Trinajstić information content (AvgIpc) is 2.83. The molecule has 2 aromatic carbocycles. The topological polar surface area (TPSA) is 122 Å². The van der Waals surface area contributed by atoms with E-state index in [2.05, 4.69) is 20.4 Å². The fourth-order valence-corrected chi connectivity index (χ4v) is 5.12. The highest BCUT2D eigenvalue weighted by Gasteiger charge is 2.17. The van der Waals surface area contributed by atoms with Crippen LogP contribution in [0.2, 0.25) is 0 Å². The van der Waals surface area contributed by atoms with Crippen LogP contribution in [0.25, 0.3) is 10.9 Å². The van der Waals surface area contributed by atoms with Gasteiger partial charge in [-0.15, -0.1) is 0 Å². The van der Waals surface area contributed by atoms with Crippen LogP contribution < -0.4 is 5.43 Å². The zero-order chi connectivity index (χ0) is 24.2. The molecule has 4 rings (SSSR count). The molecule has 0 radical (unpaired) electrons. The van der Waals surface area contributed by atoms with E-state index in [0.29, 0.717) is 23.4 Å². The number of benzene rings is 2. The Morgan fingerprint density at radius 1 is 0.882 bits per heavy atom. The van der Waals surface area contributed by atoms with Crippen molar-refractivity contribution < 1.29 is 16.8 Å². The van der Waals surface area contributed by atoms with Gasteiger partial charge in [0.05, 0.1) is 39.5 Å². The number of hydrogen-bond donors (Lipinski definition) is 1. The van der Waals surface area contributed by atoms with Gasteiger partial charge in [0.15, 0.2) is 0 Å². The first-order valence-corrected chi connectivity index (χ1v) is 13.9. The summed E-state index contributed by atoms with van der Waals surface area (Å²) in [6.45, 7) is 0.512. The number of anilines is 1. The van der Waals surface area contributed by atoms with Crippen molar-refractivity contribution in [3.63, 3.8) is 0 Å². The summed E-state index contributed by atoms with van der Waals surface area (Å²) in [4.78, 5) is 13.0. The third-order valence-electron chi connectivity index (χ3n) is 5.04. The third kappa shape index (κ3) is 5.93. The lowest BCUT2D eigenvalue weighted by Crippen LogP contribution is -2.34. The van der Waals surface area contributed by atoms with E-state index in [1.54, 1.807) is 59.9 Å². The molecule has 176 valence electrons. The summed E-state index contributed by atoms with van der Waals surface area (Å²) in [5, 5.41) is 2.55. The molecular weight excluding hydrogens is 474 g/mol. The van der Waals surface area contributed by atoms with E-state index in [0.717, 1.165) is 5.39 Å². The fourth-order valence-electron chi connectivity index (χ4n) is 3.29. The molecule has 0 spiro atoms. The first-order chi connectivity index (χ1) is 16.2. The van der Waals surface area contributed by atoms with Crippen LogP contribution in [0.4, 0.5) is 5.69 Å². The standard InChI is InChI=1S/C23H23N5O4S2/c1-33(29,30)12-11-28(16-20-13-18-14-24-17-26-23(18)15-25-20)27-19-7-9-22(10-8-19)34(31,32)21-5-3-2-4-6-21/h2-10,13-15,17,27H,11-12,16H2,1H3. The van der Waals surface area contributed by atoms with Crippen LogP contribution >= 0.6 is 0 Å². The number of hydrogen-bond acceptors (Lipinski definition) is 9. The number of rotatable bonds is 9. The maximum atomic E-state index is 12.8. The second kappa shape index (κ2) is 9.84. The van der Waals surface area contributed by atoms with Crippen molar-refractivity contribution in [1.29, 1.82) is 0 Å². The van der Waals surface area contributed by atoms with Gasteiger partial charge in [0.1, 0.15) is 16.2 Å². The molecule has 0 aliphatic rings. The molecule has 0 bridgehead atoms. The van der Waals surface area contributed by atoms with Crippen molar-refractivity contribution in [2.45, 2.75) is 16.3 Å². The van der Waals surface area contributed by atoms with E-state index in [9.17, 15) is 16.8 Å². The Morgan fingerprint density at radius 3 is 2.29 bits per heavy atom. The lowest BCUT2D eigenvalue weighted by molar-refractivity contribution is 0.336. The molecule has 0 aliphatic carbocycles. The highest BCUT2D eigenvalue weighted by atomic mass is 32.2. The summed E-state index contributed by atoms with van der Waals surface area (Å²) in [6.07, 6.45) is 5.96. The van der Waals surface area contributed by atoms with E-state index in [-0.39, 0.29) is 22.1 Å². The zero-order valence-electron chi connectivity index (χ0n) is 18.4. The molecule has 0 saturated carbocycles. The van der Waals surface area contributed by atoms with Crippen molar-refractivity contribution in [3.8, 4) is 0 Å². The van der Waals surface area contributed by atoms with Crippen molar-refractivity contribution in [1.82, 2.24) is 20.0 Å². The van der Waals surface area contributed by atoms with Crippen molar-refractivity contribution in [2.24, 2.45) is 0 Å². The molecule has 11 heteroatoms. The molecular formula is C23H23N5O4S2. The molecule has 2 heterocycles. The molecule has 2 aromatic heterocycles. The highest BCUT2D eigenvalue weighted by molar-refractivity contribution is 7.91. The number of fused-ring (bicyclic) bond motifs is 1. The van der Waals surface area contributed by atoms with Gasteiger partial charge in [-0.1, -0.05) is 18.2 Å². The lowest BCUT2D eigenvalue weighted by Gasteiger charge is -2.24. The van der Waals surface area contributed by atoms with Crippen molar-refractivity contribution in [2.75, 3.05) is 24.0 Å². The summed E-state index contributed by atoms with van der Waals surface area (Å²) in [5.74, 6) is -0.0584. The second-order valence-corrected chi connectivity index (χ2v) is 12.0. The first-order valence-electron chi connectivity index (χ1n) is 10.3. The van der Waals surface area contributed by atoms with Crippen LogP contribution in [0.1, 0.15) is 5.69 Å². The first kappa shape index (κ1) is 23.7. The number of sulfone groups is 2. The summed E-state index contributed by atoms with van der Waals surface area (Å²) in [6, 6.07) is 16.4. The van der Waals surface area contributed by atoms with Crippen molar-refractivity contribution in [3.05, 3.63) is 85.1 Å². The van der Waals surface area contributed by atoms with Gasteiger partial charge in [0, 0.05) is 30.1 Å². The van der Waals surface area contributed by atoms with Crippen LogP contribution in [0.3, 0.4) is 0 Å². The summed E-state index contributed by atoms with van der Waals surface area (Å²) >= 11 is 0. The van der Waals surface area contributed by atoms with E-state index in [1.165, 1.54) is 24.7 Å². The predicted octanol–water partition coefficient (Wildman–Crippen LogP) is 2.73. The van der Waals surface area contributed by atoms with Crippen LogP contribution in [-0.4, -0.2) is 55.3 Å². The highest BCUT2D eigenvalue weighted by Crippen LogP contribution is 2.22. The van der Waals surface area contributed by atoms with E-state index in [4.69, 9.17) is 0 Å². The molecule has 34 heavy (non-hydrogen) atoms. The Bertz CT molecular complexity index is 1490. The van der Waals surface area contributed by atoms with Gasteiger partial charge >= 0.3 is 0 Å². The maximum Gasteiger partial charge on any atom is 0.206 e. The monoisotopic (exact) mass is 497 g/mol. The average molecular weight is 498 g/mol. The van der Waals surface area contributed by atoms with Gasteiger partial charge in [-0.2, -0.15) is 0 Å². The minimum absolute atomic E-state index is 0.0584. The lowest BCUT2D eigenvalue weighted by atomic mass is 10.2. The Kier molecular flexibility index (Phi) is 6.87. The quantitative estimate of drug-likeness (QED) is 0.348. The predicted molar refractivity (Wildman–Crippen MR) is 129 cm³/mol. The molecule has 9 nitrogen and oxygen atoms in total. The fraction of sp³-hybridized carbons (Fsp3) is 0.174. The molecule has 0 saturated heterocycles. The Labute approximate surface area is 198 Å². The maximum absolute atomic E-state index is 12.8. The van der Waals surface area contributed by atoms with Crippen LogP contribution in [0, 0.1) is 0 Å². The molecule has 0 amide bonds. The minimum Gasteiger partial charge on any atom is -0.318 e. The van der Waals surface area contributed by atoms with E-state index < -0.39 is 19.7 Å². The molecule has 0 aliphatic heterocycles. The number of aromatic nitrogens is 3. The van der Waals surface area contributed by atoms with Gasteiger partial charge in [-0.3, -0.25) is 4.98 Å². The van der Waals surface area contributed by atoms with Gasteiger partial charge in [0.2, 0.25) is 9.84 Å². The SMILES string of the molecule is CS(=O)(=O)CCN(Cc1cc2cncnc2cn1)Nc1ccc(S(=O)(=O)c2ccccc2)cc1. The second-order valence-electron chi connectivity index (χ2n) is 7.76. The summed E-state index contributed by atoms with van der Waals surface area (Å²) in [5.41, 5.74) is 5.20. The van der Waals surface area contributed by atoms with E-state index >= 15 is 0 Å². The number of nitrogens with zero attached hydrogens (tertiary/aromatic N) is 4. The third-order valence-corrected chi connectivity index (χ3v) is 7.75. The minimum atomic E-state index is -3.63. The number of pyridine rings is 1. The number of hydrazine groups is 1. The van der Waals surface area contributed by atoms with Crippen molar-refractivity contribution >= 4 is 36.3 Å². The van der Waals surface area contributed by atoms with Crippen LogP contribution in [0.15, 0.2) is 89.2 Å². The molecule has 0 unspecified atom stereocenters. The Hall–Kier alpha value is -3.41. The van der Waals surface area contributed by atoms with E-state index in [1.807, 2.05) is 6.07 Å². The Morgan fingerprint density at radius 2 is 1.59 bits per heavy atom. The zero-order valence-corrected chi connectivity index (χ0v) is 20.0. The molecule has 0 fully saturated rings. The summed E-state index contributed by atoms with van der Waals surface area (Å²) < 4.78 is 49.1. The van der Waals surface area contributed by atoms with Gasteiger partial charge in [-0.05, 0) is 42.5 Å². The molecule has 4 aromatic rings. The largest absolute Gasteiger partial charge is 0.318 e. The molecule has 0 atom stereocenters. The van der Waals surface area contributed by atoms with Gasteiger partial charge < -0.3 is 5.43 Å². The smallest absolute Gasteiger partial charge is 0.206 e. The number of nitrogens with one attached hydrogen (secondary N) is 1. The normalized spacial score (nSPS) is 12.2. The van der Waals surface area contributed by atoms with Gasteiger partial charge in [-0.25, -0.2) is 31.8 Å². The van der Waals surface area contributed by atoms with Crippen LogP contribution in [-0.2, 0) is 26.2 Å². The Balaban J connectivity index is 1.54. The molecule has 1 N–H and O–H groups in total.